The Bertz CT molecular complexity index is 550. The van der Waals surface area contributed by atoms with Gasteiger partial charge in [0.2, 0.25) is 6.08 Å². The van der Waals surface area contributed by atoms with E-state index in [1.165, 1.54) is 0 Å². The summed E-state index contributed by atoms with van der Waals surface area (Å²) in [7, 11) is 1.84. The Morgan fingerprint density at radius 3 is 3.00 bits per heavy atom. The van der Waals surface area contributed by atoms with Gasteiger partial charge in [-0.2, -0.15) is 10.1 Å². The first kappa shape index (κ1) is 9.62. The van der Waals surface area contributed by atoms with E-state index in [-0.39, 0.29) is 0 Å². The van der Waals surface area contributed by atoms with Gasteiger partial charge in [0, 0.05) is 12.4 Å². The lowest BCUT2D eigenvalue weighted by atomic mass is 10.1. The number of hydrogen-bond acceptors (Lipinski definition) is 3. The second kappa shape index (κ2) is 3.67. The summed E-state index contributed by atoms with van der Waals surface area (Å²) >= 11 is 0. The number of aliphatic imine (C=N–C) groups is 1. The van der Waals surface area contributed by atoms with E-state index in [1.807, 2.05) is 26.1 Å². The minimum absolute atomic E-state index is 0.685. The summed E-state index contributed by atoms with van der Waals surface area (Å²) in [6.45, 7) is 2.03. The molecule has 1 aromatic heterocycles. The monoisotopic (exact) mass is 201 g/mol. The minimum Gasteiger partial charge on any atom is -0.266 e. The smallest absolute Gasteiger partial charge is 0.240 e. The summed E-state index contributed by atoms with van der Waals surface area (Å²) in [4.78, 5) is 14.2. The molecule has 0 atom stereocenters. The molecule has 0 spiro atoms. The molecule has 0 saturated heterocycles. The number of isocyanates is 1. The van der Waals surface area contributed by atoms with Gasteiger partial charge >= 0.3 is 0 Å². The van der Waals surface area contributed by atoms with Gasteiger partial charge in [0.1, 0.15) is 5.69 Å². The SMILES string of the molecule is CCc1ccc2cnn(C)c2c1N=C=O. The molecule has 1 aromatic carbocycles. The summed E-state index contributed by atoms with van der Waals surface area (Å²) in [5.41, 5.74) is 2.61. The molecule has 0 amide bonds. The van der Waals surface area contributed by atoms with E-state index in [1.54, 1.807) is 17.0 Å². The third-order valence-corrected chi connectivity index (χ3v) is 2.50. The van der Waals surface area contributed by atoms with Crippen molar-refractivity contribution < 1.29 is 4.79 Å². The normalized spacial score (nSPS) is 10.3. The molecular weight excluding hydrogens is 190 g/mol. The van der Waals surface area contributed by atoms with Crippen LogP contribution in [0.5, 0.6) is 0 Å². The standard InChI is InChI=1S/C11H11N3O/c1-3-8-4-5-9-6-13-14(2)11(9)10(8)12-7-15/h4-6H,3H2,1-2H3. The van der Waals surface area contributed by atoms with Crippen LogP contribution in [-0.4, -0.2) is 15.9 Å². The van der Waals surface area contributed by atoms with Crippen molar-refractivity contribution in [1.29, 1.82) is 0 Å². The maximum Gasteiger partial charge on any atom is 0.240 e. The number of hydrogen-bond donors (Lipinski definition) is 0. The number of carbonyl (C=O) groups excluding carboxylic acids is 1. The molecule has 0 aliphatic carbocycles. The molecule has 4 nitrogen and oxygen atoms in total. The van der Waals surface area contributed by atoms with Crippen LogP contribution in [0.25, 0.3) is 10.9 Å². The molecule has 0 radical (unpaired) electrons. The molecular formula is C11H11N3O. The van der Waals surface area contributed by atoms with Crippen LogP contribution in [0.15, 0.2) is 23.3 Å². The van der Waals surface area contributed by atoms with E-state index in [0.717, 1.165) is 22.9 Å². The topological polar surface area (TPSA) is 47.2 Å². The summed E-state index contributed by atoms with van der Waals surface area (Å²) in [6, 6.07) is 3.96. The predicted molar refractivity (Wildman–Crippen MR) is 57.9 cm³/mol. The van der Waals surface area contributed by atoms with Crippen molar-refractivity contribution in [3.63, 3.8) is 0 Å². The van der Waals surface area contributed by atoms with Gasteiger partial charge in [-0.15, -0.1) is 0 Å². The fraction of sp³-hybridized carbons (Fsp3) is 0.273. The van der Waals surface area contributed by atoms with E-state index in [0.29, 0.717) is 5.69 Å². The van der Waals surface area contributed by atoms with Crippen LogP contribution in [0.4, 0.5) is 5.69 Å². The van der Waals surface area contributed by atoms with Crippen molar-refractivity contribution in [3.05, 3.63) is 23.9 Å². The fourth-order valence-electron chi connectivity index (χ4n) is 1.74. The van der Waals surface area contributed by atoms with Gasteiger partial charge in [-0.05, 0) is 12.0 Å². The second-order valence-corrected chi connectivity index (χ2v) is 3.34. The van der Waals surface area contributed by atoms with Crippen molar-refractivity contribution in [2.24, 2.45) is 12.0 Å². The number of fused-ring (bicyclic) bond motifs is 1. The molecule has 0 fully saturated rings. The van der Waals surface area contributed by atoms with Gasteiger partial charge in [-0.25, -0.2) is 4.79 Å². The van der Waals surface area contributed by atoms with Gasteiger partial charge in [0.15, 0.2) is 0 Å². The zero-order valence-electron chi connectivity index (χ0n) is 8.69. The van der Waals surface area contributed by atoms with Crippen molar-refractivity contribution >= 4 is 22.7 Å². The van der Waals surface area contributed by atoms with Gasteiger partial charge in [0.25, 0.3) is 0 Å². The van der Waals surface area contributed by atoms with Crippen LogP contribution >= 0.6 is 0 Å². The number of rotatable bonds is 2. The molecule has 0 N–H and O–H groups in total. The number of benzene rings is 1. The third kappa shape index (κ3) is 1.45. The zero-order valence-corrected chi connectivity index (χ0v) is 8.69. The summed E-state index contributed by atoms with van der Waals surface area (Å²) in [6.07, 6.45) is 4.20. The quantitative estimate of drug-likeness (QED) is 0.551. The lowest BCUT2D eigenvalue weighted by molar-refractivity contribution is 0.565. The van der Waals surface area contributed by atoms with Crippen LogP contribution < -0.4 is 0 Å². The highest BCUT2D eigenvalue weighted by molar-refractivity contribution is 5.91. The molecule has 0 aliphatic rings. The lowest BCUT2D eigenvalue weighted by Gasteiger charge is -2.04. The Balaban J connectivity index is 2.88. The molecule has 1 heterocycles. The Kier molecular flexibility index (Phi) is 2.35. The van der Waals surface area contributed by atoms with E-state index >= 15 is 0 Å². The Labute approximate surface area is 87.2 Å². The van der Waals surface area contributed by atoms with Gasteiger partial charge in [-0.1, -0.05) is 19.1 Å². The maximum atomic E-state index is 10.4. The summed E-state index contributed by atoms with van der Waals surface area (Å²) < 4.78 is 1.73. The van der Waals surface area contributed by atoms with E-state index in [2.05, 4.69) is 10.1 Å². The maximum absolute atomic E-state index is 10.4. The highest BCUT2D eigenvalue weighted by atomic mass is 16.1. The second-order valence-electron chi connectivity index (χ2n) is 3.34. The van der Waals surface area contributed by atoms with Crippen LogP contribution in [0, 0.1) is 0 Å². The van der Waals surface area contributed by atoms with E-state index < -0.39 is 0 Å². The molecule has 0 unspecified atom stereocenters. The predicted octanol–water partition coefficient (Wildman–Crippen LogP) is 2.10. The number of aromatic nitrogens is 2. The largest absolute Gasteiger partial charge is 0.266 e. The van der Waals surface area contributed by atoms with Crippen LogP contribution in [0.3, 0.4) is 0 Å². The van der Waals surface area contributed by atoms with Gasteiger partial charge in [-0.3, -0.25) is 4.68 Å². The lowest BCUT2D eigenvalue weighted by Crippen LogP contribution is -1.91. The van der Waals surface area contributed by atoms with E-state index in [4.69, 9.17) is 0 Å². The first-order valence-electron chi connectivity index (χ1n) is 4.79. The summed E-state index contributed by atoms with van der Waals surface area (Å²) in [5, 5.41) is 5.13. The molecule has 76 valence electrons. The first-order chi connectivity index (χ1) is 7.27. The number of aryl methyl sites for hydroxylation is 2. The van der Waals surface area contributed by atoms with Crippen LogP contribution in [0.1, 0.15) is 12.5 Å². The van der Waals surface area contributed by atoms with E-state index in [9.17, 15) is 4.79 Å². The van der Waals surface area contributed by atoms with Crippen molar-refractivity contribution in [2.75, 3.05) is 0 Å². The Morgan fingerprint density at radius 1 is 1.53 bits per heavy atom. The van der Waals surface area contributed by atoms with Gasteiger partial charge < -0.3 is 0 Å². The van der Waals surface area contributed by atoms with Crippen molar-refractivity contribution in [1.82, 2.24) is 9.78 Å². The summed E-state index contributed by atoms with van der Waals surface area (Å²) in [5.74, 6) is 0. The minimum atomic E-state index is 0.685. The molecule has 2 aromatic rings. The van der Waals surface area contributed by atoms with Crippen LogP contribution in [0.2, 0.25) is 0 Å². The third-order valence-electron chi connectivity index (χ3n) is 2.50. The van der Waals surface area contributed by atoms with Gasteiger partial charge in [0.05, 0.1) is 11.7 Å². The molecule has 0 aliphatic heterocycles. The molecule has 2 rings (SSSR count). The first-order valence-corrected chi connectivity index (χ1v) is 4.79. The Hall–Kier alpha value is -1.93. The molecule has 0 bridgehead atoms. The number of nitrogens with zero attached hydrogens (tertiary/aromatic N) is 3. The van der Waals surface area contributed by atoms with Crippen LogP contribution in [-0.2, 0) is 18.3 Å². The molecule has 4 heteroatoms. The van der Waals surface area contributed by atoms with Crippen molar-refractivity contribution in [3.8, 4) is 0 Å². The average molecular weight is 201 g/mol. The molecule has 0 saturated carbocycles. The Morgan fingerprint density at radius 2 is 2.33 bits per heavy atom. The molecule has 15 heavy (non-hydrogen) atoms. The zero-order chi connectivity index (χ0) is 10.8. The highest BCUT2D eigenvalue weighted by Crippen LogP contribution is 2.29. The average Bonchev–Trinajstić information content (AvgIpc) is 2.62. The van der Waals surface area contributed by atoms with Crippen molar-refractivity contribution in [2.45, 2.75) is 13.3 Å². The fourth-order valence-corrected chi connectivity index (χ4v) is 1.74. The highest BCUT2D eigenvalue weighted by Gasteiger charge is 2.09.